The van der Waals surface area contributed by atoms with Crippen LogP contribution >= 0.6 is 0 Å². The zero-order chi connectivity index (χ0) is 11.3. The Balaban J connectivity index is 2.10. The zero-order valence-electron chi connectivity index (χ0n) is 10.4. The summed E-state index contributed by atoms with van der Waals surface area (Å²) in [5.41, 5.74) is 4.48. The Hall–Kier alpha value is -1.18. The van der Waals surface area contributed by atoms with Gasteiger partial charge in [0.15, 0.2) is 0 Å². The van der Waals surface area contributed by atoms with E-state index in [1.807, 2.05) is 0 Å². The van der Waals surface area contributed by atoms with Crippen LogP contribution in [0.3, 0.4) is 0 Å². The molecule has 1 N–H and O–H groups in total. The van der Waals surface area contributed by atoms with Crippen LogP contribution in [0.4, 0.5) is 11.4 Å². The first kappa shape index (κ1) is 10.0. The molecule has 0 unspecified atom stereocenters. The lowest BCUT2D eigenvalue weighted by Crippen LogP contribution is -2.49. The second-order valence-electron chi connectivity index (χ2n) is 5.56. The summed E-state index contributed by atoms with van der Waals surface area (Å²) < 4.78 is 0. The van der Waals surface area contributed by atoms with Gasteiger partial charge in [-0.1, -0.05) is 6.07 Å². The van der Waals surface area contributed by atoms with Gasteiger partial charge < -0.3 is 10.2 Å². The van der Waals surface area contributed by atoms with E-state index in [1.165, 1.54) is 29.8 Å². The van der Waals surface area contributed by atoms with Gasteiger partial charge in [-0.3, -0.25) is 0 Å². The fourth-order valence-corrected chi connectivity index (χ4v) is 2.98. The Morgan fingerprint density at radius 2 is 2.06 bits per heavy atom. The molecule has 0 radical (unpaired) electrons. The normalized spacial score (nSPS) is 20.9. The minimum atomic E-state index is 0.426. The molecule has 1 spiro atoms. The third kappa shape index (κ3) is 1.32. The molecule has 0 bridgehead atoms. The van der Waals surface area contributed by atoms with Gasteiger partial charge in [0.1, 0.15) is 0 Å². The molecule has 0 saturated heterocycles. The standard InChI is InChI=1S/C14H20N2/c1-10(2)16-13-8-11(3)4-5-12(13)15-9-14(16)6-7-14/h4-5,8,10,15H,6-7,9H2,1-3H3. The molecule has 16 heavy (non-hydrogen) atoms. The average Bonchev–Trinajstić information content (AvgIpc) is 2.97. The number of rotatable bonds is 1. The van der Waals surface area contributed by atoms with Crippen molar-refractivity contribution in [2.75, 3.05) is 16.8 Å². The molecule has 2 nitrogen and oxygen atoms in total. The summed E-state index contributed by atoms with van der Waals surface area (Å²) in [4.78, 5) is 2.63. The van der Waals surface area contributed by atoms with Crippen LogP contribution in [0.25, 0.3) is 0 Å². The molecule has 1 heterocycles. The van der Waals surface area contributed by atoms with E-state index in [-0.39, 0.29) is 0 Å². The second-order valence-corrected chi connectivity index (χ2v) is 5.56. The van der Waals surface area contributed by atoms with E-state index < -0.39 is 0 Å². The monoisotopic (exact) mass is 216 g/mol. The predicted octanol–water partition coefficient (Wildman–Crippen LogP) is 3.17. The van der Waals surface area contributed by atoms with Crippen molar-refractivity contribution < 1.29 is 0 Å². The third-order valence-corrected chi connectivity index (χ3v) is 3.88. The summed E-state index contributed by atoms with van der Waals surface area (Å²) in [7, 11) is 0. The van der Waals surface area contributed by atoms with Crippen molar-refractivity contribution in [1.29, 1.82) is 0 Å². The van der Waals surface area contributed by atoms with E-state index >= 15 is 0 Å². The number of nitrogens with one attached hydrogen (secondary N) is 1. The largest absolute Gasteiger partial charge is 0.381 e. The Labute approximate surface area is 97.6 Å². The number of hydrogen-bond donors (Lipinski definition) is 1. The highest BCUT2D eigenvalue weighted by Gasteiger charge is 2.51. The molecule has 2 aliphatic rings. The van der Waals surface area contributed by atoms with Gasteiger partial charge in [-0.15, -0.1) is 0 Å². The van der Waals surface area contributed by atoms with Gasteiger partial charge in [0.2, 0.25) is 0 Å². The molecule has 1 fully saturated rings. The van der Waals surface area contributed by atoms with Crippen molar-refractivity contribution in [2.24, 2.45) is 0 Å². The number of benzene rings is 1. The SMILES string of the molecule is Cc1ccc2c(c1)N(C(C)C)C1(CC1)CN2. The quantitative estimate of drug-likeness (QED) is 0.775. The molecule has 1 aliphatic carbocycles. The van der Waals surface area contributed by atoms with Gasteiger partial charge in [0, 0.05) is 12.6 Å². The number of aryl methyl sites for hydroxylation is 1. The molecule has 1 aromatic carbocycles. The van der Waals surface area contributed by atoms with Crippen LogP contribution in [0.15, 0.2) is 18.2 Å². The Morgan fingerprint density at radius 1 is 1.31 bits per heavy atom. The van der Waals surface area contributed by atoms with E-state index in [1.54, 1.807) is 0 Å². The summed E-state index contributed by atoms with van der Waals surface area (Å²) in [6.45, 7) is 7.89. The van der Waals surface area contributed by atoms with Crippen molar-refractivity contribution >= 4 is 11.4 Å². The lowest BCUT2D eigenvalue weighted by atomic mass is 10.0. The predicted molar refractivity (Wildman–Crippen MR) is 69.2 cm³/mol. The zero-order valence-corrected chi connectivity index (χ0v) is 10.4. The lowest BCUT2D eigenvalue weighted by molar-refractivity contribution is 0.538. The average molecular weight is 216 g/mol. The Bertz CT molecular complexity index is 419. The van der Waals surface area contributed by atoms with Gasteiger partial charge in [-0.2, -0.15) is 0 Å². The van der Waals surface area contributed by atoms with Crippen molar-refractivity contribution in [3.05, 3.63) is 23.8 Å². The number of fused-ring (bicyclic) bond motifs is 1. The van der Waals surface area contributed by atoms with Crippen LogP contribution in [0, 0.1) is 6.92 Å². The summed E-state index contributed by atoms with van der Waals surface area (Å²) in [6.07, 6.45) is 2.68. The third-order valence-electron chi connectivity index (χ3n) is 3.88. The number of anilines is 2. The van der Waals surface area contributed by atoms with Crippen LogP contribution < -0.4 is 10.2 Å². The highest BCUT2D eigenvalue weighted by Crippen LogP contribution is 2.50. The van der Waals surface area contributed by atoms with Gasteiger partial charge in [-0.25, -0.2) is 0 Å². The first-order chi connectivity index (χ1) is 7.62. The van der Waals surface area contributed by atoms with E-state index in [0.717, 1.165) is 6.54 Å². The molecule has 1 aromatic rings. The van der Waals surface area contributed by atoms with E-state index in [4.69, 9.17) is 0 Å². The molecule has 1 saturated carbocycles. The summed E-state index contributed by atoms with van der Waals surface area (Å²) in [5, 5.41) is 3.59. The summed E-state index contributed by atoms with van der Waals surface area (Å²) >= 11 is 0. The molecule has 1 aliphatic heterocycles. The van der Waals surface area contributed by atoms with Crippen LogP contribution in [-0.2, 0) is 0 Å². The van der Waals surface area contributed by atoms with Gasteiger partial charge in [0.05, 0.1) is 16.9 Å². The van der Waals surface area contributed by atoms with E-state index in [9.17, 15) is 0 Å². The lowest BCUT2D eigenvalue weighted by Gasteiger charge is -2.43. The number of nitrogens with zero attached hydrogens (tertiary/aromatic N) is 1. The first-order valence-electron chi connectivity index (χ1n) is 6.26. The van der Waals surface area contributed by atoms with Crippen LogP contribution in [0.1, 0.15) is 32.3 Å². The van der Waals surface area contributed by atoms with E-state index in [2.05, 4.69) is 49.2 Å². The maximum Gasteiger partial charge on any atom is 0.0612 e. The maximum atomic E-state index is 3.59. The van der Waals surface area contributed by atoms with Crippen LogP contribution in [0.2, 0.25) is 0 Å². The first-order valence-corrected chi connectivity index (χ1v) is 6.26. The highest BCUT2D eigenvalue weighted by molar-refractivity contribution is 5.76. The van der Waals surface area contributed by atoms with E-state index in [0.29, 0.717) is 11.6 Å². The molecule has 86 valence electrons. The topological polar surface area (TPSA) is 15.3 Å². The molecule has 0 aromatic heterocycles. The van der Waals surface area contributed by atoms with Crippen LogP contribution in [-0.4, -0.2) is 18.1 Å². The maximum absolute atomic E-state index is 3.59. The van der Waals surface area contributed by atoms with Crippen molar-refractivity contribution in [2.45, 2.75) is 45.2 Å². The molecule has 3 rings (SSSR count). The van der Waals surface area contributed by atoms with Gasteiger partial charge in [-0.05, 0) is 51.3 Å². The summed E-state index contributed by atoms with van der Waals surface area (Å²) in [6, 6.07) is 7.32. The van der Waals surface area contributed by atoms with Crippen molar-refractivity contribution in [3.8, 4) is 0 Å². The van der Waals surface area contributed by atoms with Crippen molar-refractivity contribution in [3.63, 3.8) is 0 Å². The fourth-order valence-electron chi connectivity index (χ4n) is 2.98. The Morgan fingerprint density at radius 3 is 2.69 bits per heavy atom. The minimum Gasteiger partial charge on any atom is -0.381 e. The highest BCUT2D eigenvalue weighted by atomic mass is 15.3. The Kier molecular flexibility index (Phi) is 1.97. The molecular weight excluding hydrogens is 196 g/mol. The minimum absolute atomic E-state index is 0.426. The molecule has 0 amide bonds. The fraction of sp³-hybridized carbons (Fsp3) is 0.571. The second kappa shape index (κ2) is 3.16. The van der Waals surface area contributed by atoms with Crippen molar-refractivity contribution in [1.82, 2.24) is 0 Å². The smallest absolute Gasteiger partial charge is 0.0612 e. The number of hydrogen-bond acceptors (Lipinski definition) is 2. The van der Waals surface area contributed by atoms with Crippen LogP contribution in [0.5, 0.6) is 0 Å². The molecular formula is C14H20N2. The molecule has 0 atom stereocenters. The molecule has 2 heteroatoms. The van der Waals surface area contributed by atoms with Gasteiger partial charge >= 0.3 is 0 Å². The summed E-state index contributed by atoms with van der Waals surface area (Å²) in [5.74, 6) is 0. The van der Waals surface area contributed by atoms with Gasteiger partial charge in [0.25, 0.3) is 0 Å².